The number of ether oxygens (including phenoxy) is 2. The lowest BCUT2D eigenvalue weighted by Gasteiger charge is -2.17. The molecule has 156 valence electrons. The Morgan fingerprint density at radius 2 is 1.93 bits per heavy atom. The van der Waals surface area contributed by atoms with Crippen molar-refractivity contribution in [3.05, 3.63) is 80.5 Å². The molecule has 1 N–H and O–H groups in total. The molecule has 0 radical (unpaired) electrons. The van der Waals surface area contributed by atoms with E-state index < -0.39 is 23.0 Å². The molecule has 6 nitrogen and oxygen atoms in total. The van der Waals surface area contributed by atoms with Gasteiger partial charge in [0, 0.05) is 5.69 Å². The number of aromatic nitrogens is 2. The fraction of sp³-hybridized carbons (Fsp3) is 0.238. The third kappa shape index (κ3) is 3.63. The first-order valence-electron chi connectivity index (χ1n) is 9.12. The Morgan fingerprint density at radius 3 is 2.63 bits per heavy atom. The maximum absolute atomic E-state index is 13.6. The summed E-state index contributed by atoms with van der Waals surface area (Å²) < 4.78 is 52.5. The van der Waals surface area contributed by atoms with E-state index in [0.717, 1.165) is 28.8 Å². The van der Waals surface area contributed by atoms with E-state index in [2.05, 4.69) is 10.3 Å². The lowest BCUT2D eigenvalue weighted by Crippen LogP contribution is -2.19. The second-order valence-corrected chi connectivity index (χ2v) is 6.93. The number of rotatable bonds is 5. The molecule has 30 heavy (non-hydrogen) atoms. The lowest BCUT2D eigenvalue weighted by molar-refractivity contribution is 0.134. The van der Waals surface area contributed by atoms with Gasteiger partial charge in [0.1, 0.15) is 0 Å². The lowest BCUT2D eigenvalue weighted by atomic mass is 10.0. The van der Waals surface area contributed by atoms with Crippen molar-refractivity contribution in [2.45, 2.75) is 26.7 Å². The van der Waals surface area contributed by atoms with Crippen LogP contribution in [0.3, 0.4) is 0 Å². The summed E-state index contributed by atoms with van der Waals surface area (Å²) in [5, 5.41) is 3.10. The highest BCUT2D eigenvalue weighted by molar-refractivity contribution is 5.62. The van der Waals surface area contributed by atoms with Crippen LogP contribution in [0.1, 0.15) is 22.3 Å². The first kappa shape index (κ1) is 20.0. The van der Waals surface area contributed by atoms with Gasteiger partial charge in [0.15, 0.2) is 17.5 Å². The highest BCUT2D eigenvalue weighted by Gasteiger charge is 2.18. The topological polar surface area (TPSA) is 65.4 Å². The molecule has 0 fully saturated rings. The standard InChI is InChI=1S/C21H18F3N3O3/c1-11-14-10-30-9-13(14)3-4-17(11)25-21-26-20(28)18(29-2)8-27(21)7-12-5-15(22)19(24)16(23)6-12/h3-6,8H,7,9-10H2,1-2H3,(H,25,26,28). The molecular weight excluding hydrogens is 399 g/mol. The minimum absolute atomic E-state index is 0.0392. The highest BCUT2D eigenvalue weighted by Crippen LogP contribution is 2.30. The second-order valence-electron chi connectivity index (χ2n) is 6.93. The summed E-state index contributed by atoms with van der Waals surface area (Å²) in [5.74, 6) is -4.02. The van der Waals surface area contributed by atoms with Gasteiger partial charge in [-0.25, -0.2) is 13.2 Å². The molecule has 1 aliphatic rings. The minimum Gasteiger partial charge on any atom is -0.490 e. The van der Waals surface area contributed by atoms with Gasteiger partial charge in [0.25, 0.3) is 0 Å². The van der Waals surface area contributed by atoms with Crippen LogP contribution in [0.4, 0.5) is 24.8 Å². The van der Waals surface area contributed by atoms with Crippen molar-refractivity contribution in [2.75, 3.05) is 12.4 Å². The van der Waals surface area contributed by atoms with Crippen LogP contribution in [0.5, 0.6) is 5.75 Å². The summed E-state index contributed by atoms with van der Waals surface area (Å²) in [6, 6.07) is 5.56. The van der Waals surface area contributed by atoms with E-state index in [4.69, 9.17) is 9.47 Å². The number of fused-ring (bicyclic) bond motifs is 1. The van der Waals surface area contributed by atoms with Gasteiger partial charge in [-0.3, -0.25) is 4.79 Å². The van der Waals surface area contributed by atoms with Crippen molar-refractivity contribution in [3.8, 4) is 5.75 Å². The van der Waals surface area contributed by atoms with Gasteiger partial charge in [-0.15, -0.1) is 0 Å². The molecule has 0 amide bonds. The van der Waals surface area contributed by atoms with Crippen LogP contribution in [-0.2, 0) is 24.5 Å². The van der Waals surface area contributed by atoms with Gasteiger partial charge < -0.3 is 19.4 Å². The largest absolute Gasteiger partial charge is 0.490 e. The molecule has 1 aliphatic heterocycles. The highest BCUT2D eigenvalue weighted by atomic mass is 19.2. The Hall–Kier alpha value is -3.33. The zero-order valence-electron chi connectivity index (χ0n) is 16.3. The van der Waals surface area contributed by atoms with Crippen LogP contribution in [0.2, 0.25) is 0 Å². The second kappa shape index (κ2) is 7.83. The van der Waals surface area contributed by atoms with Crippen molar-refractivity contribution in [3.63, 3.8) is 0 Å². The average Bonchev–Trinajstić information content (AvgIpc) is 3.19. The van der Waals surface area contributed by atoms with Crippen molar-refractivity contribution in [2.24, 2.45) is 0 Å². The summed E-state index contributed by atoms with van der Waals surface area (Å²) in [5.41, 5.74) is 3.36. The Balaban J connectivity index is 1.75. The number of anilines is 2. The number of nitrogens with one attached hydrogen (secondary N) is 1. The molecule has 3 aromatic rings. The number of methoxy groups -OCH3 is 1. The Kier molecular flexibility index (Phi) is 5.21. The Morgan fingerprint density at radius 1 is 1.20 bits per heavy atom. The number of hydrogen-bond acceptors (Lipinski definition) is 5. The number of benzene rings is 2. The van der Waals surface area contributed by atoms with E-state index in [9.17, 15) is 18.0 Å². The number of hydrogen-bond donors (Lipinski definition) is 1. The molecule has 2 aromatic carbocycles. The van der Waals surface area contributed by atoms with E-state index in [0.29, 0.717) is 18.9 Å². The molecule has 0 aliphatic carbocycles. The Bertz CT molecular complexity index is 1170. The Labute approximate surface area is 169 Å². The first-order valence-corrected chi connectivity index (χ1v) is 9.12. The average molecular weight is 417 g/mol. The quantitative estimate of drug-likeness (QED) is 0.640. The first-order chi connectivity index (χ1) is 14.4. The van der Waals surface area contributed by atoms with Crippen LogP contribution in [0, 0.1) is 24.4 Å². The SMILES string of the molecule is COc1cn(Cc2cc(F)c(F)c(F)c2)c(Nc2ccc3c(c2C)COC3)nc1=O. The summed E-state index contributed by atoms with van der Waals surface area (Å²) in [6.45, 7) is 2.89. The van der Waals surface area contributed by atoms with E-state index in [1.165, 1.54) is 17.9 Å². The zero-order chi connectivity index (χ0) is 21.4. The van der Waals surface area contributed by atoms with Gasteiger partial charge in [-0.2, -0.15) is 4.98 Å². The van der Waals surface area contributed by atoms with Crippen LogP contribution in [-0.4, -0.2) is 16.7 Å². The monoisotopic (exact) mass is 417 g/mol. The molecule has 2 heterocycles. The van der Waals surface area contributed by atoms with Crippen LogP contribution in [0.15, 0.2) is 35.3 Å². The van der Waals surface area contributed by atoms with Crippen LogP contribution >= 0.6 is 0 Å². The third-order valence-corrected chi connectivity index (χ3v) is 5.03. The maximum Gasteiger partial charge on any atom is 0.316 e. The van der Waals surface area contributed by atoms with Crippen molar-refractivity contribution < 1.29 is 22.6 Å². The van der Waals surface area contributed by atoms with Gasteiger partial charge in [0.05, 0.1) is 33.1 Å². The van der Waals surface area contributed by atoms with E-state index in [1.54, 1.807) is 0 Å². The molecule has 0 atom stereocenters. The van der Waals surface area contributed by atoms with E-state index in [1.807, 2.05) is 19.1 Å². The molecular formula is C21H18F3N3O3. The molecule has 0 saturated heterocycles. The fourth-order valence-corrected chi connectivity index (χ4v) is 3.40. The van der Waals surface area contributed by atoms with Crippen molar-refractivity contribution in [1.29, 1.82) is 0 Å². The molecule has 0 unspecified atom stereocenters. The van der Waals surface area contributed by atoms with Gasteiger partial charge in [-0.1, -0.05) is 6.07 Å². The molecule has 9 heteroatoms. The molecule has 0 saturated carbocycles. The van der Waals surface area contributed by atoms with Gasteiger partial charge in [0.2, 0.25) is 11.7 Å². The van der Waals surface area contributed by atoms with Crippen LogP contribution < -0.4 is 15.6 Å². The van der Waals surface area contributed by atoms with Gasteiger partial charge in [-0.05, 0) is 47.4 Å². The van der Waals surface area contributed by atoms with Crippen LogP contribution in [0.25, 0.3) is 0 Å². The summed E-state index contributed by atoms with van der Waals surface area (Å²) >= 11 is 0. The van der Waals surface area contributed by atoms with Crippen molar-refractivity contribution in [1.82, 2.24) is 9.55 Å². The minimum atomic E-state index is -1.54. The molecule has 4 rings (SSSR count). The van der Waals surface area contributed by atoms with Gasteiger partial charge >= 0.3 is 5.56 Å². The van der Waals surface area contributed by atoms with E-state index in [-0.39, 0.29) is 23.8 Å². The normalized spacial score (nSPS) is 12.7. The molecule has 0 bridgehead atoms. The molecule has 0 spiro atoms. The smallest absolute Gasteiger partial charge is 0.316 e. The predicted octanol–water partition coefficient (Wildman–Crippen LogP) is 3.80. The zero-order valence-corrected chi connectivity index (χ0v) is 16.3. The summed E-state index contributed by atoms with van der Waals surface area (Å²) in [7, 11) is 1.32. The van der Waals surface area contributed by atoms with E-state index >= 15 is 0 Å². The number of nitrogens with zero attached hydrogens (tertiary/aromatic N) is 2. The maximum atomic E-state index is 13.6. The number of halogens is 3. The summed E-state index contributed by atoms with van der Waals surface area (Å²) in [4.78, 5) is 16.2. The third-order valence-electron chi connectivity index (χ3n) is 5.03. The molecule has 1 aromatic heterocycles. The fourth-order valence-electron chi connectivity index (χ4n) is 3.40. The van der Waals surface area contributed by atoms with Crippen molar-refractivity contribution >= 4 is 11.6 Å². The summed E-state index contributed by atoms with van der Waals surface area (Å²) in [6.07, 6.45) is 1.38. The predicted molar refractivity (Wildman–Crippen MR) is 103 cm³/mol.